The van der Waals surface area contributed by atoms with Gasteiger partial charge in [-0.1, -0.05) is 286 Å². The molecule has 77 heavy (non-hydrogen) atoms. The molecule has 11 aromatic rings. The third-order valence-electron chi connectivity index (χ3n) is 17.1. The van der Waals surface area contributed by atoms with E-state index in [1.54, 1.807) is 0 Å². The Kier molecular flexibility index (Phi) is 11.3. The van der Waals surface area contributed by atoms with E-state index in [1.165, 1.54) is 105 Å². The molecule has 1 heteroatoms. The molecule has 0 amide bonds. The summed E-state index contributed by atoms with van der Waals surface area (Å²) in [6, 6.07) is 94.1. The summed E-state index contributed by atoms with van der Waals surface area (Å²) in [6.45, 7) is 18.8. The van der Waals surface area contributed by atoms with Gasteiger partial charge in [0.05, 0.1) is 22.5 Å². The number of anilines is 3. The standard InChI is InChI=1S/C76H65N/c1-73(2,3)54-47-51(48-55(49-54)74(4,5)6)56-37-23-27-50-28-24-38-59(70(50)56)57-33-17-21-44-67(57)77(68-45-22-18-34-58(68)60-39-25-42-65-71(60)61-35-15-19-40-63(61)75(65,7)8)69-46-26-43-66-72(69)62-36-16-20-41-64(62)76(66,52-29-11-9-12-30-52)53-31-13-10-14-32-53/h9-49H,1-8H3. The summed E-state index contributed by atoms with van der Waals surface area (Å²) >= 11 is 0. The van der Waals surface area contributed by atoms with Gasteiger partial charge in [-0.15, -0.1) is 0 Å². The van der Waals surface area contributed by atoms with Gasteiger partial charge in [0.25, 0.3) is 0 Å². The van der Waals surface area contributed by atoms with Crippen molar-refractivity contribution < 1.29 is 0 Å². The molecule has 2 aliphatic carbocycles. The van der Waals surface area contributed by atoms with E-state index in [-0.39, 0.29) is 16.2 Å². The van der Waals surface area contributed by atoms with Gasteiger partial charge in [-0.05, 0) is 123 Å². The Hall–Kier alpha value is -8.52. The highest BCUT2D eigenvalue weighted by Gasteiger charge is 2.48. The molecule has 0 unspecified atom stereocenters. The molecule has 0 radical (unpaired) electrons. The summed E-state index contributed by atoms with van der Waals surface area (Å²) in [6.07, 6.45) is 0. The highest BCUT2D eigenvalue weighted by Crippen LogP contribution is 2.61. The van der Waals surface area contributed by atoms with Gasteiger partial charge in [-0.2, -0.15) is 0 Å². The van der Waals surface area contributed by atoms with Crippen LogP contribution in [0.1, 0.15) is 99.9 Å². The van der Waals surface area contributed by atoms with Gasteiger partial charge >= 0.3 is 0 Å². The average Bonchev–Trinajstić information content (AvgIpc) is 4.15. The quantitative estimate of drug-likeness (QED) is 0.147. The van der Waals surface area contributed by atoms with Crippen molar-refractivity contribution in [2.24, 2.45) is 0 Å². The first-order valence-corrected chi connectivity index (χ1v) is 27.5. The van der Waals surface area contributed by atoms with Crippen LogP contribution in [0.5, 0.6) is 0 Å². The molecule has 11 aromatic carbocycles. The minimum Gasteiger partial charge on any atom is -0.309 e. The van der Waals surface area contributed by atoms with Crippen LogP contribution in [0.4, 0.5) is 17.1 Å². The minimum atomic E-state index is -0.581. The number of nitrogens with zero attached hydrogens (tertiary/aromatic N) is 1. The molecule has 0 aromatic heterocycles. The molecular formula is C76H65N. The number of fused-ring (bicyclic) bond motifs is 7. The van der Waals surface area contributed by atoms with Crippen molar-refractivity contribution >= 4 is 27.8 Å². The second-order valence-corrected chi connectivity index (χ2v) is 24.0. The Bertz CT molecular complexity index is 4010. The van der Waals surface area contributed by atoms with Crippen LogP contribution in [-0.2, 0) is 21.7 Å². The Morgan fingerprint density at radius 3 is 1.32 bits per heavy atom. The fourth-order valence-electron chi connectivity index (χ4n) is 13.3. The maximum absolute atomic E-state index is 2.62. The van der Waals surface area contributed by atoms with E-state index in [1.807, 2.05) is 0 Å². The summed E-state index contributed by atoms with van der Waals surface area (Å²) in [5.41, 5.74) is 25.4. The molecule has 0 N–H and O–H groups in total. The van der Waals surface area contributed by atoms with E-state index in [4.69, 9.17) is 0 Å². The average molecular weight is 992 g/mol. The summed E-state index contributed by atoms with van der Waals surface area (Å²) < 4.78 is 0. The number of hydrogen-bond donors (Lipinski definition) is 0. The van der Waals surface area contributed by atoms with Crippen LogP contribution in [0.25, 0.3) is 66.4 Å². The predicted octanol–water partition coefficient (Wildman–Crippen LogP) is 20.6. The van der Waals surface area contributed by atoms with Gasteiger partial charge in [0, 0.05) is 22.1 Å². The zero-order valence-electron chi connectivity index (χ0n) is 45.6. The first-order chi connectivity index (χ1) is 37.3. The van der Waals surface area contributed by atoms with Gasteiger partial charge in [-0.3, -0.25) is 0 Å². The predicted molar refractivity (Wildman–Crippen MR) is 327 cm³/mol. The van der Waals surface area contributed by atoms with E-state index in [9.17, 15) is 0 Å². The van der Waals surface area contributed by atoms with Crippen molar-refractivity contribution in [1.82, 2.24) is 0 Å². The van der Waals surface area contributed by atoms with Crippen LogP contribution in [0.2, 0.25) is 0 Å². The fraction of sp³-hybridized carbons (Fsp3) is 0.158. The van der Waals surface area contributed by atoms with Crippen molar-refractivity contribution in [1.29, 1.82) is 0 Å². The van der Waals surface area contributed by atoms with E-state index >= 15 is 0 Å². The highest BCUT2D eigenvalue weighted by atomic mass is 15.2. The van der Waals surface area contributed by atoms with Gasteiger partial charge < -0.3 is 4.90 Å². The van der Waals surface area contributed by atoms with Crippen molar-refractivity contribution in [2.45, 2.75) is 77.0 Å². The maximum Gasteiger partial charge on any atom is 0.0714 e. The van der Waals surface area contributed by atoms with E-state index < -0.39 is 5.41 Å². The molecule has 1 nitrogen and oxygen atoms in total. The van der Waals surface area contributed by atoms with Crippen LogP contribution < -0.4 is 4.90 Å². The molecule has 0 saturated heterocycles. The molecule has 13 rings (SSSR count). The maximum atomic E-state index is 2.62. The van der Waals surface area contributed by atoms with Crippen molar-refractivity contribution in [2.75, 3.05) is 4.90 Å². The molecule has 0 saturated carbocycles. The molecule has 0 fully saturated rings. The van der Waals surface area contributed by atoms with Gasteiger partial charge in [0.15, 0.2) is 0 Å². The van der Waals surface area contributed by atoms with Crippen LogP contribution in [0, 0.1) is 0 Å². The smallest absolute Gasteiger partial charge is 0.0714 e. The van der Waals surface area contributed by atoms with Crippen LogP contribution in [0.15, 0.2) is 249 Å². The molecule has 0 spiro atoms. The summed E-state index contributed by atoms with van der Waals surface area (Å²) in [5.74, 6) is 0. The third-order valence-corrected chi connectivity index (χ3v) is 17.1. The summed E-state index contributed by atoms with van der Waals surface area (Å²) in [7, 11) is 0. The molecule has 0 atom stereocenters. The molecule has 0 aliphatic heterocycles. The Morgan fingerprint density at radius 2 is 0.727 bits per heavy atom. The zero-order valence-corrected chi connectivity index (χ0v) is 45.6. The molecule has 374 valence electrons. The summed E-state index contributed by atoms with van der Waals surface area (Å²) in [4.78, 5) is 2.62. The molecule has 0 bridgehead atoms. The lowest BCUT2D eigenvalue weighted by Crippen LogP contribution is -2.28. The Labute approximate surface area is 456 Å². The normalized spacial score (nSPS) is 13.9. The van der Waals surface area contributed by atoms with Crippen molar-refractivity contribution in [3.05, 3.63) is 293 Å². The Balaban J connectivity index is 1.14. The lowest BCUT2D eigenvalue weighted by Gasteiger charge is -2.35. The first kappa shape index (κ1) is 48.1. The van der Waals surface area contributed by atoms with E-state index in [0.717, 1.165) is 22.6 Å². The largest absolute Gasteiger partial charge is 0.309 e. The third kappa shape index (κ3) is 7.57. The number of hydrogen-bond acceptors (Lipinski definition) is 1. The topological polar surface area (TPSA) is 3.24 Å². The van der Waals surface area contributed by atoms with Crippen LogP contribution >= 0.6 is 0 Å². The number of rotatable bonds is 8. The first-order valence-electron chi connectivity index (χ1n) is 27.5. The minimum absolute atomic E-state index is 0.0339. The second-order valence-electron chi connectivity index (χ2n) is 24.0. The summed E-state index contributed by atoms with van der Waals surface area (Å²) in [5, 5.41) is 2.46. The molecular weight excluding hydrogens is 927 g/mol. The lowest BCUT2D eigenvalue weighted by molar-refractivity contribution is 0.569. The monoisotopic (exact) mass is 992 g/mol. The SMILES string of the molecule is CC(C)(C)c1cc(-c2cccc3cccc(-c4ccccc4N(c4ccccc4-c4cccc5c4-c4ccccc4C5(C)C)c4cccc5c4-c4ccccc4C5(c4ccccc4)c4ccccc4)c23)cc(C(C)(C)C)c1. The number of benzene rings is 11. The van der Waals surface area contributed by atoms with Crippen molar-refractivity contribution in [3.63, 3.8) is 0 Å². The van der Waals surface area contributed by atoms with Crippen molar-refractivity contribution in [3.8, 4) is 55.6 Å². The molecule has 0 heterocycles. The number of para-hydroxylation sites is 2. The fourth-order valence-corrected chi connectivity index (χ4v) is 13.3. The van der Waals surface area contributed by atoms with Crippen LogP contribution in [0.3, 0.4) is 0 Å². The second kappa shape index (κ2) is 18.1. The molecule has 2 aliphatic rings. The van der Waals surface area contributed by atoms with Gasteiger partial charge in [-0.25, -0.2) is 0 Å². The van der Waals surface area contributed by atoms with E-state index in [0.29, 0.717) is 0 Å². The van der Waals surface area contributed by atoms with Crippen LogP contribution in [-0.4, -0.2) is 0 Å². The van der Waals surface area contributed by atoms with E-state index in [2.05, 4.69) is 309 Å². The van der Waals surface area contributed by atoms with Gasteiger partial charge in [0.2, 0.25) is 0 Å². The van der Waals surface area contributed by atoms with Gasteiger partial charge in [0.1, 0.15) is 0 Å². The lowest BCUT2D eigenvalue weighted by atomic mass is 9.68. The highest BCUT2D eigenvalue weighted by molar-refractivity contribution is 6.10. The zero-order chi connectivity index (χ0) is 52.8. The Morgan fingerprint density at radius 1 is 0.312 bits per heavy atom.